The van der Waals surface area contributed by atoms with Crippen molar-refractivity contribution in [3.05, 3.63) is 66.0 Å². The second kappa shape index (κ2) is 8.16. The van der Waals surface area contributed by atoms with Crippen LogP contribution in [-0.2, 0) is 6.54 Å². The third-order valence-corrected chi connectivity index (χ3v) is 4.93. The van der Waals surface area contributed by atoms with Crippen LogP contribution in [0.1, 0.15) is 36.8 Å². The fourth-order valence-corrected chi connectivity index (χ4v) is 3.53. The predicted octanol–water partition coefficient (Wildman–Crippen LogP) is 4.81. The minimum absolute atomic E-state index is 0.471. The quantitative estimate of drug-likeness (QED) is 0.661. The summed E-state index contributed by atoms with van der Waals surface area (Å²) in [5.41, 5.74) is 4.37. The molecule has 2 heterocycles. The lowest BCUT2D eigenvalue weighted by atomic mass is 10.1. The molecule has 1 fully saturated rings. The molecule has 0 unspecified atom stereocenters. The Hall–Kier alpha value is -2.95. The summed E-state index contributed by atoms with van der Waals surface area (Å²) >= 11 is 0. The number of benzene rings is 1. The largest absolute Gasteiger partial charge is 0.366 e. The molecule has 1 aromatic carbocycles. The summed E-state index contributed by atoms with van der Waals surface area (Å²) in [6, 6.07) is 14.9. The molecule has 0 saturated heterocycles. The maximum Gasteiger partial charge on any atom is 0.225 e. The molecule has 0 aliphatic heterocycles. The summed E-state index contributed by atoms with van der Waals surface area (Å²) in [5.74, 6) is 1.51. The molecule has 0 bridgehead atoms. The van der Waals surface area contributed by atoms with Gasteiger partial charge in [-0.2, -0.15) is 4.98 Å². The van der Waals surface area contributed by atoms with Gasteiger partial charge in [0.05, 0.1) is 5.69 Å². The zero-order valence-corrected chi connectivity index (χ0v) is 15.7. The number of hydrogen-bond donors (Lipinski definition) is 2. The first-order chi connectivity index (χ1) is 13.3. The van der Waals surface area contributed by atoms with Crippen LogP contribution in [0.2, 0.25) is 0 Å². The highest BCUT2D eigenvalue weighted by Crippen LogP contribution is 2.24. The number of aryl methyl sites for hydroxylation is 1. The van der Waals surface area contributed by atoms with Crippen LogP contribution in [0.3, 0.4) is 0 Å². The van der Waals surface area contributed by atoms with Crippen molar-refractivity contribution in [2.75, 3.05) is 10.6 Å². The second-order valence-electron chi connectivity index (χ2n) is 7.17. The monoisotopic (exact) mass is 359 g/mol. The zero-order valence-electron chi connectivity index (χ0n) is 15.7. The first-order valence-corrected chi connectivity index (χ1v) is 9.62. The van der Waals surface area contributed by atoms with Crippen LogP contribution >= 0.6 is 0 Å². The Labute approximate surface area is 160 Å². The number of rotatable bonds is 6. The molecule has 0 spiro atoms. The molecule has 4 rings (SSSR count). The summed E-state index contributed by atoms with van der Waals surface area (Å²) in [4.78, 5) is 13.7. The van der Waals surface area contributed by atoms with Gasteiger partial charge in [-0.3, -0.25) is 4.98 Å². The highest BCUT2D eigenvalue weighted by Gasteiger charge is 2.16. The molecule has 5 heteroatoms. The fraction of sp³-hybridized carbons (Fsp3) is 0.318. The van der Waals surface area contributed by atoms with Crippen molar-refractivity contribution in [3.63, 3.8) is 0 Å². The molecule has 1 aliphatic rings. The first kappa shape index (κ1) is 17.5. The average Bonchev–Trinajstić information content (AvgIpc) is 3.20. The Balaban J connectivity index is 1.58. The summed E-state index contributed by atoms with van der Waals surface area (Å²) in [7, 11) is 0. The summed E-state index contributed by atoms with van der Waals surface area (Å²) in [6.07, 6.45) is 8.54. The lowest BCUT2D eigenvalue weighted by molar-refractivity contribution is 0.744. The Morgan fingerprint density at radius 3 is 2.70 bits per heavy atom. The first-order valence-electron chi connectivity index (χ1n) is 9.62. The van der Waals surface area contributed by atoms with E-state index in [1.807, 2.05) is 24.4 Å². The molecule has 3 aromatic rings. The van der Waals surface area contributed by atoms with Gasteiger partial charge in [0.15, 0.2) is 0 Å². The maximum atomic E-state index is 4.73. The van der Waals surface area contributed by atoms with Gasteiger partial charge < -0.3 is 10.6 Å². The van der Waals surface area contributed by atoms with Crippen molar-refractivity contribution >= 4 is 11.8 Å². The van der Waals surface area contributed by atoms with E-state index in [4.69, 9.17) is 9.97 Å². The molecule has 0 radical (unpaired) electrons. The smallest absolute Gasteiger partial charge is 0.225 e. The number of anilines is 2. The van der Waals surface area contributed by atoms with Gasteiger partial charge in [0.1, 0.15) is 5.82 Å². The van der Waals surface area contributed by atoms with Crippen molar-refractivity contribution in [1.82, 2.24) is 15.0 Å². The molecule has 1 aliphatic carbocycles. The van der Waals surface area contributed by atoms with E-state index < -0.39 is 0 Å². The van der Waals surface area contributed by atoms with Gasteiger partial charge in [-0.1, -0.05) is 42.7 Å². The van der Waals surface area contributed by atoms with Crippen molar-refractivity contribution in [1.29, 1.82) is 0 Å². The molecular weight excluding hydrogens is 334 g/mol. The standard InChI is InChI=1S/C22H25N5/c1-16-6-4-7-17(12-16)14-24-21-13-20(18-8-5-11-23-15-18)26-22(27-21)25-19-9-2-3-10-19/h4-8,11-13,15,19H,2-3,9-10,14H2,1H3,(H2,24,25,26,27). The van der Waals surface area contributed by atoms with Crippen molar-refractivity contribution in [2.45, 2.75) is 45.2 Å². The summed E-state index contributed by atoms with van der Waals surface area (Å²) < 4.78 is 0. The molecule has 138 valence electrons. The van der Waals surface area contributed by atoms with E-state index in [0.29, 0.717) is 12.0 Å². The van der Waals surface area contributed by atoms with Crippen LogP contribution in [0.25, 0.3) is 11.3 Å². The predicted molar refractivity (Wildman–Crippen MR) is 110 cm³/mol. The van der Waals surface area contributed by atoms with Crippen molar-refractivity contribution in [2.24, 2.45) is 0 Å². The lowest BCUT2D eigenvalue weighted by Crippen LogP contribution is -2.17. The van der Waals surface area contributed by atoms with Crippen LogP contribution in [0.5, 0.6) is 0 Å². The number of hydrogen-bond acceptors (Lipinski definition) is 5. The van der Waals surface area contributed by atoms with Gasteiger partial charge in [0.25, 0.3) is 0 Å². The Bertz CT molecular complexity index is 888. The van der Waals surface area contributed by atoms with Crippen LogP contribution in [0.15, 0.2) is 54.9 Å². The van der Waals surface area contributed by atoms with Gasteiger partial charge in [0, 0.05) is 36.6 Å². The van der Waals surface area contributed by atoms with Gasteiger partial charge in [-0.05, 0) is 37.5 Å². The topological polar surface area (TPSA) is 62.7 Å². The Kier molecular flexibility index (Phi) is 5.28. The average molecular weight is 359 g/mol. The van der Waals surface area contributed by atoms with E-state index in [9.17, 15) is 0 Å². The van der Waals surface area contributed by atoms with Gasteiger partial charge in [-0.25, -0.2) is 4.98 Å². The molecule has 27 heavy (non-hydrogen) atoms. The number of nitrogens with zero attached hydrogens (tertiary/aromatic N) is 3. The Morgan fingerprint density at radius 1 is 1.04 bits per heavy atom. The molecule has 0 atom stereocenters. The van der Waals surface area contributed by atoms with E-state index >= 15 is 0 Å². The normalized spacial score (nSPS) is 14.3. The lowest BCUT2D eigenvalue weighted by Gasteiger charge is -2.15. The van der Waals surface area contributed by atoms with Crippen LogP contribution in [0.4, 0.5) is 11.8 Å². The van der Waals surface area contributed by atoms with E-state index in [0.717, 1.165) is 23.6 Å². The van der Waals surface area contributed by atoms with Crippen molar-refractivity contribution < 1.29 is 0 Å². The van der Waals surface area contributed by atoms with E-state index in [1.165, 1.54) is 36.8 Å². The van der Waals surface area contributed by atoms with Crippen molar-refractivity contribution in [3.8, 4) is 11.3 Å². The SMILES string of the molecule is Cc1cccc(CNc2cc(-c3cccnc3)nc(NC3CCCC3)n2)c1. The number of aromatic nitrogens is 3. The minimum Gasteiger partial charge on any atom is -0.366 e. The van der Waals surface area contributed by atoms with E-state index in [-0.39, 0.29) is 0 Å². The second-order valence-corrected chi connectivity index (χ2v) is 7.17. The molecule has 1 saturated carbocycles. The fourth-order valence-electron chi connectivity index (χ4n) is 3.53. The highest BCUT2D eigenvalue weighted by molar-refractivity contribution is 5.63. The summed E-state index contributed by atoms with van der Waals surface area (Å²) in [6.45, 7) is 2.84. The molecule has 2 N–H and O–H groups in total. The third-order valence-electron chi connectivity index (χ3n) is 4.93. The molecular formula is C22H25N5. The summed E-state index contributed by atoms with van der Waals surface area (Å²) in [5, 5.41) is 6.97. The molecule has 0 amide bonds. The van der Waals surface area contributed by atoms with Gasteiger partial charge in [0.2, 0.25) is 5.95 Å². The van der Waals surface area contributed by atoms with E-state index in [2.05, 4.69) is 46.8 Å². The van der Waals surface area contributed by atoms with Gasteiger partial charge in [-0.15, -0.1) is 0 Å². The van der Waals surface area contributed by atoms with E-state index in [1.54, 1.807) is 6.20 Å². The number of pyridine rings is 1. The van der Waals surface area contributed by atoms with Crippen LogP contribution in [0, 0.1) is 6.92 Å². The molecule has 5 nitrogen and oxygen atoms in total. The Morgan fingerprint density at radius 2 is 1.93 bits per heavy atom. The maximum absolute atomic E-state index is 4.73. The zero-order chi connectivity index (χ0) is 18.5. The van der Waals surface area contributed by atoms with Crippen LogP contribution < -0.4 is 10.6 Å². The molecule has 2 aromatic heterocycles. The van der Waals surface area contributed by atoms with Crippen LogP contribution in [-0.4, -0.2) is 21.0 Å². The minimum atomic E-state index is 0.471. The number of nitrogens with one attached hydrogen (secondary N) is 2. The van der Waals surface area contributed by atoms with Gasteiger partial charge >= 0.3 is 0 Å². The third kappa shape index (κ3) is 4.61. The highest BCUT2D eigenvalue weighted by atomic mass is 15.2.